The molecule has 27 heavy (non-hydrogen) atoms. The van der Waals surface area contributed by atoms with Gasteiger partial charge in [-0.25, -0.2) is 0 Å². The number of halogens is 1. The molecular formula is C21H20ClN3O2. The average molecular weight is 382 g/mol. The van der Waals surface area contributed by atoms with E-state index in [0.29, 0.717) is 19.4 Å². The molecule has 0 aliphatic carbocycles. The summed E-state index contributed by atoms with van der Waals surface area (Å²) < 4.78 is 7.79. The van der Waals surface area contributed by atoms with Gasteiger partial charge in [0.1, 0.15) is 11.9 Å². The molecule has 1 saturated heterocycles. The average Bonchev–Trinajstić information content (AvgIpc) is 3.22. The van der Waals surface area contributed by atoms with Gasteiger partial charge in [0.15, 0.2) is 11.4 Å². The Labute approximate surface area is 162 Å². The first-order valence-electron chi connectivity index (χ1n) is 8.92. The van der Waals surface area contributed by atoms with E-state index < -0.39 is 0 Å². The van der Waals surface area contributed by atoms with E-state index in [1.165, 1.54) is 5.39 Å². The predicted molar refractivity (Wildman–Crippen MR) is 109 cm³/mol. The molecule has 5 nitrogen and oxygen atoms in total. The van der Waals surface area contributed by atoms with Gasteiger partial charge in [-0.05, 0) is 36.6 Å². The van der Waals surface area contributed by atoms with Crippen LogP contribution in [0.1, 0.15) is 24.7 Å². The zero-order chi connectivity index (χ0) is 17.7. The SMILES string of the molecule is Cc1cc2ccccc2n1C1CC(=O)CCN1c1noc2ccccc12.Cl. The van der Waals surface area contributed by atoms with Crippen molar-refractivity contribution in [2.24, 2.45) is 0 Å². The number of hydrogen-bond acceptors (Lipinski definition) is 4. The maximum atomic E-state index is 12.3. The standard InChI is InChI=1S/C21H19N3O2.ClH/c1-14-12-15-6-2-4-8-18(15)24(14)20-13-16(25)10-11-23(20)21-17-7-3-5-9-19(17)26-22-21;/h2-9,12,20H,10-11,13H2,1H3;1H. The van der Waals surface area contributed by atoms with Gasteiger partial charge >= 0.3 is 0 Å². The second-order valence-corrected chi connectivity index (χ2v) is 6.88. The predicted octanol–water partition coefficient (Wildman–Crippen LogP) is 4.88. The molecule has 0 saturated carbocycles. The first-order chi connectivity index (χ1) is 12.7. The molecule has 138 valence electrons. The second kappa shape index (κ2) is 6.74. The molecular weight excluding hydrogens is 362 g/mol. The van der Waals surface area contributed by atoms with Crippen molar-refractivity contribution in [3.8, 4) is 0 Å². The van der Waals surface area contributed by atoms with E-state index in [0.717, 1.165) is 28.0 Å². The summed E-state index contributed by atoms with van der Waals surface area (Å²) in [6.07, 6.45) is 0.918. The van der Waals surface area contributed by atoms with E-state index in [1.807, 2.05) is 36.4 Å². The van der Waals surface area contributed by atoms with Gasteiger partial charge in [0, 0.05) is 25.1 Å². The van der Waals surface area contributed by atoms with E-state index in [2.05, 4.69) is 39.7 Å². The van der Waals surface area contributed by atoms with E-state index in [1.54, 1.807) is 0 Å². The largest absolute Gasteiger partial charge is 0.354 e. The molecule has 0 radical (unpaired) electrons. The lowest BCUT2D eigenvalue weighted by molar-refractivity contribution is -0.120. The van der Waals surface area contributed by atoms with Gasteiger partial charge in [-0.1, -0.05) is 35.5 Å². The van der Waals surface area contributed by atoms with Crippen LogP contribution in [-0.2, 0) is 4.79 Å². The number of Topliss-reactive ketones (excluding diaryl/α,β-unsaturated/α-hetero) is 1. The Morgan fingerprint density at radius 1 is 1.11 bits per heavy atom. The zero-order valence-corrected chi connectivity index (χ0v) is 15.8. The Morgan fingerprint density at radius 3 is 2.78 bits per heavy atom. The minimum absolute atomic E-state index is 0. The molecule has 1 aliphatic heterocycles. The molecule has 3 heterocycles. The van der Waals surface area contributed by atoms with Crippen molar-refractivity contribution in [1.29, 1.82) is 0 Å². The Kier molecular flexibility index (Phi) is 4.40. The molecule has 2 aromatic heterocycles. The van der Waals surface area contributed by atoms with E-state index >= 15 is 0 Å². The number of para-hydroxylation sites is 2. The number of nitrogens with zero attached hydrogens (tertiary/aromatic N) is 3. The maximum Gasteiger partial charge on any atom is 0.181 e. The number of fused-ring (bicyclic) bond motifs is 2. The third-order valence-electron chi connectivity index (χ3n) is 5.27. The molecule has 0 bridgehead atoms. The maximum absolute atomic E-state index is 12.3. The Hall–Kier alpha value is -2.79. The van der Waals surface area contributed by atoms with Crippen LogP contribution in [0, 0.1) is 6.92 Å². The number of anilines is 1. The van der Waals surface area contributed by atoms with Crippen LogP contribution in [0.3, 0.4) is 0 Å². The summed E-state index contributed by atoms with van der Waals surface area (Å²) >= 11 is 0. The van der Waals surface area contributed by atoms with Crippen molar-refractivity contribution in [3.05, 3.63) is 60.3 Å². The topological polar surface area (TPSA) is 51.3 Å². The van der Waals surface area contributed by atoms with Crippen LogP contribution in [0.2, 0.25) is 0 Å². The molecule has 1 unspecified atom stereocenters. The minimum Gasteiger partial charge on any atom is -0.354 e. The van der Waals surface area contributed by atoms with Crippen molar-refractivity contribution >= 4 is 45.9 Å². The van der Waals surface area contributed by atoms with Crippen molar-refractivity contribution in [3.63, 3.8) is 0 Å². The van der Waals surface area contributed by atoms with E-state index in [-0.39, 0.29) is 24.4 Å². The monoisotopic (exact) mass is 381 g/mol. The van der Waals surface area contributed by atoms with Crippen LogP contribution in [0.5, 0.6) is 0 Å². The van der Waals surface area contributed by atoms with Crippen molar-refractivity contribution in [1.82, 2.24) is 9.72 Å². The highest BCUT2D eigenvalue weighted by molar-refractivity contribution is 5.90. The first kappa shape index (κ1) is 17.6. The summed E-state index contributed by atoms with van der Waals surface area (Å²) in [5.74, 6) is 1.10. The molecule has 2 aromatic carbocycles. The quantitative estimate of drug-likeness (QED) is 0.496. The van der Waals surface area contributed by atoms with E-state index in [9.17, 15) is 4.79 Å². The molecule has 1 atom stereocenters. The van der Waals surface area contributed by atoms with Gasteiger partial charge in [0.25, 0.3) is 0 Å². The molecule has 4 aromatic rings. The minimum atomic E-state index is -0.0929. The summed E-state index contributed by atoms with van der Waals surface area (Å²) in [5.41, 5.74) is 3.05. The van der Waals surface area contributed by atoms with Gasteiger partial charge in [-0.2, -0.15) is 0 Å². The number of rotatable bonds is 2. The molecule has 0 amide bonds. The van der Waals surface area contributed by atoms with Crippen molar-refractivity contribution in [2.75, 3.05) is 11.4 Å². The summed E-state index contributed by atoms with van der Waals surface area (Å²) in [7, 11) is 0. The second-order valence-electron chi connectivity index (χ2n) is 6.88. The molecule has 0 spiro atoms. The van der Waals surface area contributed by atoms with Gasteiger partial charge in [0.2, 0.25) is 0 Å². The van der Waals surface area contributed by atoms with Crippen LogP contribution in [-0.4, -0.2) is 22.1 Å². The fourth-order valence-electron chi connectivity index (χ4n) is 4.08. The van der Waals surface area contributed by atoms with Crippen molar-refractivity contribution < 1.29 is 9.32 Å². The Bertz CT molecular complexity index is 1130. The first-order valence-corrected chi connectivity index (χ1v) is 8.92. The summed E-state index contributed by atoms with van der Waals surface area (Å²) in [6, 6.07) is 18.4. The number of piperidine rings is 1. The lowest BCUT2D eigenvalue weighted by atomic mass is 10.0. The highest BCUT2D eigenvalue weighted by Gasteiger charge is 2.32. The van der Waals surface area contributed by atoms with Crippen LogP contribution < -0.4 is 4.90 Å². The van der Waals surface area contributed by atoms with E-state index in [4.69, 9.17) is 4.52 Å². The van der Waals surface area contributed by atoms with Gasteiger partial charge < -0.3 is 14.0 Å². The number of benzene rings is 2. The lowest BCUT2D eigenvalue weighted by Crippen LogP contribution is -2.40. The molecule has 6 heteroatoms. The van der Waals surface area contributed by atoms with Crippen molar-refractivity contribution in [2.45, 2.75) is 25.9 Å². The highest BCUT2D eigenvalue weighted by Crippen LogP contribution is 2.37. The fraction of sp³-hybridized carbons (Fsp3) is 0.238. The van der Waals surface area contributed by atoms with Crippen LogP contribution in [0.4, 0.5) is 5.82 Å². The normalized spacial score (nSPS) is 17.4. The molecule has 0 N–H and O–H groups in total. The smallest absolute Gasteiger partial charge is 0.181 e. The fourth-order valence-corrected chi connectivity index (χ4v) is 4.08. The third-order valence-corrected chi connectivity index (χ3v) is 5.27. The molecule has 1 aliphatic rings. The summed E-state index contributed by atoms with van der Waals surface area (Å²) in [4.78, 5) is 14.5. The molecule has 5 rings (SSSR count). The van der Waals surface area contributed by atoms with Crippen LogP contribution in [0.15, 0.2) is 59.1 Å². The number of carbonyl (C=O) groups excluding carboxylic acids is 1. The van der Waals surface area contributed by atoms with Gasteiger partial charge in [-0.3, -0.25) is 4.79 Å². The van der Waals surface area contributed by atoms with Gasteiger partial charge in [-0.15, -0.1) is 12.4 Å². The zero-order valence-electron chi connectivity index (χ0n) is 15.0. The molecule has 1 fully saturated rings. The lowest BCUT2D eigenvalue weighted by Gasteiger charge is -2.37. The summed E-state index contributed by atoms with van der Waals surface area (Å²) in [6.45, 7) is 2.74. The van der Waals surface area contributed by atoms with Crippen LogP contribution in [0.25, 0.3) is 21.9 Å². The summed E-state index contributed by atoms with van der Waals surface area (Å²) in [5, 5.41) is 6.52. The number of hydrogen-bond donors (Lipinski definition) is 0. The number of ketones is 1. The number of aryl methyl sites for hydroxylation is 1. The third kappa shape index (κ3) is 2.79. The van der Waals surface area contributed by atoms with Crippen LogP contribution >= 0.6 is 12.4 Å². The Morgan fingerprint density at radius 2 is 1.89 bits per heavy atom. The number of aromatic nitrogens is 2. The highest BCUT2D eigenvalue weighted by atomic mass is 35.5. The Balaban J connectivity index is 0.00000180. The van der Waals surface area contributed by atoms with Gasteiger partial charge in [0.05, 0.1) is 10.9 Å². The number of carbonyl (C=O) groups is 1.